The number of ether oxygens (including phenoxy) is 1. The van der Waals surface area contributed by atoms with Crippen LogP contribution in [0.15, 0.2) is 47.9 Å². The normalized spacial score (nSPS) is 10.9. The average Bonchev–Trinajstić information content (AvgIpc) is 3.04. The molecule has 0 atom stereocenters. The summed E-state index contributed by atoms with van der Waals surface area (Å²) in [6, 6.07) is 12.1. The molecule has 0 unspecified atom stereocenters. The van der Waals surface area contributed by atoms with Crippen molar-refractivity contribution in [3.63, 3.8) is 0 Å². The summed E-state index contributed by atoms with van der Waals surface area (Å²) in [4.78, 5) is 10.2. The molecule has 0 saturated heterocycles. The van der Waals surface area contributed by atoms with Crippen LogP contribution >= 0.6 is 36.6 Å². The summed E-state index contributed by atoms with van der Waals surface area (Å²) in [5.74, 6) is 0. The lowest BCUT2D eigenvalue weighted by atomic mass is 10.2. The van der Waals surface area contributed by atoms with Crippen molar-refractivity contribution in [2.24, 2.45) is 0 Å². The Bertz CT molecular complexity index is 1010. The van der Waals surface area contributed by atoms with E-state index in [0.29, 0.717) is 18.2 Å². The number of anilines is 2. The highest BCUT2D eigenvalue weighted by Gasteiger charge is 2.07. The Morgan fingerprint density at radius 2 is 2.04 bits per heavy atom. The molecule has 0 fully saturated rings. The van der Waals surface area contributed by atoms with Crippen molar-refractivity contribution in [1.29, 1.82) is 0 Å². The Morgan fingerprint density at radius 3 is 2.81 bits per heavy atom. The summed E-state index contributed by atoms with van der Waals surface area (Å²) in [7, 11) is 1.99. The first-order valence-electron chi connectivity index (χ1n) is 8.29. The van der Waals surface area contributed by atoms with Crippen molar-refractivity contribution in [3.8, 4) is 0 Å². The van der Waals surface area contributed by atoms with Gasteiger partial charge < -0.3 is 24.9 Å². The fourth-order valence-corrected chi connectivity index (χ4v) is 3.59. The maximum Gasteiger partial charge on any atom is 0.175 e. The molecule has 27 heavy (non-hydrogen) atoms. The van der Waals surface area contributed by atoms with Crippen molar-refractivity contribution in [2.75, 3.05) is 37.0 Å². The minimum Gasteiger partial charge on any atom is -0.363 e. The van der Waals surface area contributed by atoms with Gasteiger partial charge in [0.2, 0.25) is 0 Å². The molecular formula is C19H22N4OS3. The van der Waals surface area contributed by atoms with E-state index < -0.39 is 0 Å². The molecular weight excluding hydrogens is 396 g/mol. The van der Waals surface area contributed by atoms with Crippen LogP contribution in [-0.2, 0) is 4.74 Å². The van der Waals surface area contributed by atoms with Gasteiger partial charge in [-0.25, -0.2) is 0 Å². The molecule has 2 aromatic carbocycles. The van der Waals surface area contributed by atoms with Gasteiger partial charge in [-0.05, 0) is 54.9 Å². The molecule has 0 saturated carbocycles. The highest BCUT2D eigenvalue weighted by molar-refractivity contribution is 8.07. The summed E-state index contributed by atoms with van der Waals surface area (Å²) in [6.07, 6.45) is 2.01. The molecule has 0 spiro atoms. The summed E-state index contributed by atoms with van der Waals surface area (Å²) < 4.78 is 6.38. The zero-order valence-electron chi connectivity index (χ0n) is 15.2. The summed E-state index contributed by atoms with van der Waals surface area (Å²) in [5.41, 5.74) is 5.02. The minimum absolute atomic E-state index is 0.399. The first-order chi connectivity index (χ1) is 13.0. The van der Waals surface area contributed by atoms with Crippen molar-refractivity contribution < 1.29 is 4.74 Å². The van der Waals surface area contributed by atoms with Crippen molar-refractivity contribution in [2.45, 2.75) is 4.90 Å². The number of fused-ring (bicyclic) bond motifs is 1. The standard InChI is InChI=1S/C19H22N4OS3/c1-12(27-3)15-9-14(5-7-18(15)25)23(2)11-24-10-20-13-4-6-16-17(8-13)22-19(26)21-16/h4-9,20,25H,1,10-11H2,2-3H3,(H2,21,22,26). The second-order valence-corrected chi connectivity index (χ2v) is 7.81. The number of hydrogen-bond donors (Lipinski definition) is 4. The fraction of sp³-hybridized carbons (Fsp3) is 0.211. The van der Waals surface area contributed by atoms with E-state index in [9.17, 15) is 0 Å². The molecule has 3 aromatic rings. The van der Waals surface area contributed by atoms with E-state index in [2.05, 4.69) is 40.6 Å². The third-order valence-corrected chi connectivity index (χ3v) is 5.45. The summed E-state index contributed by atoms with van der Waals surface area (Å²) >= 11 is 11.2. The molecule has 5 nitrogen and oxygen atoms in total. The van der Waals surface area contributed by atoms with E-state index in [1.807, 2.05) is 48.5 Å². The van der Waals surface area contributed by atoms with E-state index in [1.165, 1.54) is 0 Å². The van der Waals surface area contributed by atoms with E-state index in [-0.39, 0.29) is 0 Å². The van der Waals surface area contributed by atoms with Crippen molar-refractivity contribution in [1.82, 2.24) is 9.97 Å². The molecule has 0 aliphatic heterocycles. The number of benzene rings is 2. The number of thioether (sulfide) groups is 1. The number of H-pyrrole nitrogens is 2. The topological polar surface area (TPSA) is 56.1 Å². The van der Waals surface area contributed by atoms with Gasteiger partial charge in [0, 0.05) is 33.8 Å². The molecule has 1 aromatic heterocycles. The van der Waals surface area contributed by atoms with Gasteiger partial charge >= 0.3 is 0 Å². The number of aromatic nitrogens is 2. The van der Waals surface area contributed by atoms with Gasteiger partial charge in [0.15, 0.2) is 4.77 Å². The molecule has 1 heterocycles. The van der Waals surface area contributed by atoms with Gasteiger partial charge in [-0.15, -0.1) is 24.4 Å². The molecule has 0 radical (unpaired) electrons. The highest BCUT2D eigenvalue weighted by Crippen LogP contribution is 2.31. The predicted molar refractivity (Wildman–Crippen MR) is 123 cm³/mol. The van der Waals surface area contributed by atoms with Gasteiger partial charge in [0.1, 0.15) is 13.5 Å². The van der Waals surface area contributed by atoms with Crippen LogP contribution in [0.1, 0.15) is 5.56 Å². The molecule has 0 amide bonds. The van der Waals surface area contributed by atoms with Crippen LogP contribution in [0.5, 0.6) is 0 Å². The van der Waals surface area contributed by atoms with E-state index >= 15 is 0 Å². The van der Waals surface area contributed by atoms with Gasteiger partial charge in [-0.3, -0.25) is 0 Å². The smallest absolute Gasteiger partial charge is 0.175 e. The van der Waals surface area contributed by atoms with Crippen LogP contribution in [0.2, 0.25) is 0 Å². The minimum atomic E-state index is 0.399. The van der Waals surface area contributed by atoms with Crippen LogP contribution in [0.25, 0.3) is 15.9 Å². The molecule has 3 N–H and O–H groups in total. The summed E-state index contributed by atoms with van der Waals surface area (Å²) in [5, 5.41) is 3.25. The first-order valence-corrected chi connectivity index (χ1v) is 10.4. The van der Waals surface area contributed by atoms with Gasteiger partial charge in [-0.1, -0.05) is 6.58 Å². The lowest BCUT2D eigenvalue weighted by Gasteiger charge is -2.21. The van der Waals surface area contributed by atoms with E-state index in [0.717, 1.165) is 37.8 Å². The molecule has 3 rings (SSSR count). The lowest BCUT2D eigenvalue weighted by molar-refractivity contribution is 0.155. The van der Waals surface area contributed by atoms with Crippen molar-refractivity contribution in [3.05, 3.63) is 53.3 Å². The second-order valence-electron chi connectivity index (χ2n) is 6.02. The quantitative estimate of drug-likeness (QED) is 0.172. The number of rotatable bonds is 8. The summed E-state index contributed by atoms with van der Waals surface area (Å²) in [6.45, 7) is 4.94. The Kier molecular flexibility index (Phi) is 6.54. The molecule has 0 aliphatic carbocycles. The van der Waals surface area contributed by atoms with Gasteiger partial charge in [0.25, 0.3) is 0 Å². The number of imidazole rings is 1. The van der Waals surface area contributed by atoms with Crippen LogP contribution in [0, 0.1) is 4.77 Å². The number of hydrogen-bond acceptors (Lipinski definition) is 6. The third kappa shape index (κ3) is 4.90. The first kappa shape index (κ1) is 19.9. The number of nitrogens with zero attached hydrogens (tertiary/aromatic N) is 1. The Morgan fingerprint density at radius 1 is 1.26 bits per heavy atom. The van der Waals surface area contributed by atoms with Crippen LogP contribution in [-0.4, -0.2) is 36.7 Å². The fourth-order valence-electron chi connectivity index (χ4n) is 2.63. The SMILES string of the molecule is C=C(SC)c1cc(N(C)COCNc2ccc3[nH]c(=S)[nH]c3c2)ccc1S. The Labute approximate surface area is 173 Å². The Balaban J connectivity index is 1.55. The second kappa shape index (κ2) is 8.88. The number of aromatic amines is 2. The zero-order valence-corrected chi connectivity index (χ0v) is 17.7. The van der Waals surface area contributed by atoms with Crippen molar-refractivity contribution >= 4 is 63.9 Å². The lowest BCUT2D eigenvalue weighted by Crippen LogP contribution is -2.23. The molecule has 0 bridgehead atoms. The van der Waals surface area contributed by atoms with Gasteiger partial charge in [0.05, 0.1) is 11.0 Å². The number of nitrogens with one attached hydrogen (secondary N) is 3. The maximum absolute atomic E-state index is 5.76. The highest BCUT2D eigenvalue weighted by atomic mass is 32.2. The largest absolute Gasteiger partial charge is 0.363 e. The average molecular weight is 419 g/mol. The van der Waals surface area contributed by atoms with E-state index in [4.69, 9.17) is 17.0 Å². The third-order valence-electron chi connectivity index (χ3n) is 4.15. The predicted octanol–water partition coefficient (Wildman–Crippen LogP) is 5.33. The molecule has 8 heteroatoms. The van der Waals surface area contributed by atoms with Crippen LogP contribution in [0.4, 0.5) is 11.4 Å². The number of thiol groups is 1. The van der Waals surface area contributed by atoms with Crippen LogP contribution in [0.3, 0.4) is 0 Å². The van der Waals surface area contributed by atoms with E-state index in [1.54, 1.807) is 11.8 Å². The van der Waals surface area contributed by atoms with Crippen LogP contribution < -0.4 is 10.2 Å². The zero-order chi connectivity index (χ0) is 19.4. The van der Waals surface area contributed by atoms with Gasteiger partial charge in [-0.2, -0.15) is 0 Å². The monoisotopic (exact) mass is 418 g/mol. The molecule has 0 aliphatic rings. The molecule has 142 valence electrons. The Hall–Kier alpha value is -1.87. The maximum atomic E-state index is 5.76.